The molecule has 0 radical (unpaired) electrons. The van der Waals surface area contributed by atoms with Gasteiger partial charge in [-0.3, -0.25) is 9.59 Å². The van der Waals surface area contributed by atoms with Crippen LogP contribution in [0, 0.1) is 39.3 Å². The van der Waals surface area contributed by atoms with Crippen LogP contribution >= 0.6 is 11.6 Å². The molecule has 27 heteroatoms. The van der Waals surface area contributed by atoms with Gasteiger partial charge in [0.05, 0.1) is 23.5 Å². The van der Waals surface area contributed by atoms with Gasteiger partial charge in [0.25, 0.3) is 31.9 Å². The first kappa shape index (κ1) is 53.1. The van der Waals surface area contributed by atoms with Gasteiger partial charge in [-0.15, -0.1) is 0 Å². The Balaban J connectivity index is 0.000000180. The van der Waals surface area contributed by atoms with Gasteiger partial charge in [-0.2, -0.15) is 9.97 Å². The third kappa shape index (κ3) is 12.6. The van der Waals surface area contributed by atoms with Crippen molar-refractivity contribution in [2.24, 2.45) is 0 Å². The maximum absolute atomic E-state index is 14.4. The molecule has 22 nitrogen and oxygen atoms in total. The number of nitrogen functional groups attached to an aromatic ring is 1. The van der Waals surface area contributed by atoms with Crippen molar-refractivity contribution in [2.45, 2.75) is 58.1 Å². The first-order valence-electron chi connectivity index (χ1n) is 21.2. The molecule has 8 aromatic rings. The Hall–Kier alpha value is -8.75. The predicted octanol–water partition coefficient (Wildman–Crippen LogP) is 8.25. The van der Waals surface area contributed by atoms with Crippen molar-refractivity contribution in [3.8, 4) is 11.5 Å². The van der Waals surface area contributed by atoms with Gasteiger partial charge in [-0.25, -0.2) is 45.0 Å². The Morgan fingerprint density at radius 2 is 1.08 bits per heavy atom. The van der Waals surface area contributed by atoms with E-state index in [0.29, 0.717) is 58.0 Å². The lowest BCUT2D eigenvalue weighted by molar-refractivity contribution is 0.0976. The number of rotatable bonds is 12. The molecule has 0 atom stereocenters. The summed E-state index contributed by atoms with van der Waals surface area (Å²) in [6, 6.07) is 22.5. The predicted molar refractivity (Wildman–Crippen MR) is 266 cm³/mol. The normalized spacial score (nSPS) is 13.3. The molecule has 10 rings (SSSR count). The number of anilines is 7. The van der Waals surface area contributed by atoms with E-state index in [1.165, 1.54) is 36.4 Å². The number of aryl methyl sites for hydroxylation is 4. The highest BCUT2D eigenvalue weighted by atomic mass is 35.5. The molecule has 0 unspecified atom stereocenters. The fourth-order valence-corrected chi connectivity index (χ4v) is 9.36. The Kier molecular flexibility index (Phi) is 15.7. The maximum Gasteiger partial charge on any atom is 0.266 e. The molecule has 6 heterocycles. The number of nitrogens with zero attached hydrogens (tertiary/aromatic N) is 6. The van der Waals surface area contributed by atoms with E-state index in [1.54, 1.807) is 43.3 Å². The lowest BCUT2D eigenvalue weighted by atomic mass is 10.2. The zero-order valence-electron chi connectivity index (χ0n) is 38.4. The summed E-state index contributed by atoms with van der Waals surface area (Å²) < 4.78 is 100.0. The minimum Gasteiger partial charge on any atom is -0.487 e. The van der Waals surface area contributed by atoms with Crippen molar-refractivity contribution >= 4 is 83.8 Å². The van der Waals surface area contributed by atoms with Crippen molar-refractivity contribution < 1.29 is 53.7 Å². The molecule has 4 aromatic heterocycles. The van der Waals surface area contributed by atoms with Crippen molar-refractivity contribution in [3.05, 3.63) is 159 Å². The van der Waals surface area contributed by atoms with Crippen LogP contribution in [-0.4, -0.2) is 58.9 Å². The highest BCUT2D eigenvalue weighted by molar-refractivity contribution is 7.91. The van der Waals surface area contributed by atoms with Crippen LogP contribution in [0.15, 0.2) is 116 Å². The fourth-order valence-electron chi connectivity index (χ4n) is 6.83. The highest BCUT2D eigenvalue weighted by Crippen LogP contribution is 2.30. The standard InChI is InChI=1S/C23H19FN6O5S.C16H14ClFN4O2.C7H6N2O3S.CH4/c1-12-7-14(4-6-19(12)34-11-16-8-13(2)35-29-16)26-21-18(24)10-25-23(28-21)27-15-3-5-17-20(9-15)36(32,33)30-22(17)31;1-9-5-11(20-15-13(18)7-19-16(17)21-15)3-4-14(9)23-8-12-6-10(2)24-22-12;8-4-1-2-5-6(3-4)13(11,12)9-7(5)10;/h3-10H,11H2,1-2H3,(H,30,31)(H2,25,26,27,28);3-7H,8H2,1-2H3,(H,19,20,21);1-3H,8H2,(H,9,10);1H4. The van der Waals surface area contributed by atoms with Crippen LogP contribution in [0.3, 0.4) is 0 Å². The van der Waals surface area contributed by atoms with Crippen LogP contribution in [0.25, 0.3) is 0 Å². The minimum atomic E-state index is -3.92. The van der Waals surface area contributed by atoms with E-state index in [0.717, 1.165) is 29.3 Å². The lowest BCUT2D eigenvalue weighted by Gasteiger charge is -2.12. The summed E-state index contributed by atoms with van der Waals surface area (Å²) in [7, 11) is -7.58. The summed E-state index contributed by atoms with van der Waals surface area (Å²) in [6.07, 6.45) is 2.00. The summed E-state index contributed by atoms with van der Waals surface area (Å²) in [6.45, 7) is 7.90. The monoisotopic (exact) mass is 1070 g/mol. The number of amides is 2. The van der Waals surface area contributed by atoms with E-state index in [1.807, 2.05) is 42.3 Å². The number of carbonyl (C=O) groups is 2. The molecule has 2 aliphatic rings. The van der Waals surface area contributed by atoms with Gasteiger partial charge in [0.1, 0.15) is 57.4 Å². The summed E-state index contributed by atoms with van der Waals surface area (Å²) >= 11 is 5.68. The number of carbonyl (C=O) groups excluding carboxylic acids is 2. The number of nitrogens with one attached hydrogen (secondary N) is 5. The van der Waals surface area contributed by atoms with Crippen LogP contribution in [0.5, 0.6) is 11.5 Å². The molecule has 0 fully saturated rings. The number of hydrogen-bond acceptors (Lipinski definition) is 20. The molecule has 0 saturated heterocycles. The number of halogens is 3. The molecule has 0 saturated carbocycles. The summed E-state index contributed by atoms with van der Waals surface area (Å²) in [5.41, 5.74) is 10.5. The molecule has 2 aliphatic heterocycles. The number of benzene rings is 4. The molecule has 384 valence electrons. The van der Waals surface area contributed by atoms with Crippen LogP contribution in [-0.2, 0) is 33.3 Å². The van der Waals surface area contributed by atoms with Gasteiger partial charge in [0.2, 0.25) is 11.2 Å². The average molecular weight is 1070 g/mol. The second-order valence-corrected chi connectivity index (χ2v) is 19.5. The molecule has 2 amide bonds. The van der Waals surface area contributed by atoms with Gasteiger partial charge in [0.15, 0.2) is 23.3 Å². The number of fused-ring (bicyclic) bond motifs is 2. The van der Waals surface area contributed by atoms with Crippen LogP contribution in [0.4, 0.5) is 49.1 Å². The van der Waals surface area contributed by atoms with E-state index in [4.69, 9.17) is 35.9 Å². The van der Waals surface area contributed by atoms with E-state index in [9.17, 15) is 35.2 Å². The zero-order chi connectivity index (χ0) is 52.2. The number of sulfonamides is 2. The van der Waals surface area contributed by atoms with Crippen molar-refractivity contribution in [2.75, 3.05) is 21.7 Å². The highest BCUT2D eigenvalue weighted by Gasteiger charge is 2.33. The molecular formula is C47H43ClF2N12O10S2. The molecule has 74 heavy (non-hydrogen) atoms. The average Bonchev–Trinajstić information content (AvgIpc) is 4.07. The number of nitrogens with two attached hydrogens (primary N) is 1. The Morgan fingerprint density at radius 1 is 0.622 bits per heavy atom. The third-order valence-electron chi connectivity index (χ3n) is 10.2. The third-order valence-corrected chi connectivity index (χ3v) is 13.1. The number of ether oxygens (including phenoxy) is 2. The first-order valence-corrected chi connectivity index (χ1v) is 24.5. The van der Waals surface area contributed by atoms with Gasteiger partial charge in [-0.05, 0) is 123 Å². The second kappa shape index (κ2) is 21.9. The van der Waals surface area contributed by atoms with Crippen molar-refractivity contribution in [1.29, 1.82) is 0 Å². The molecule has 0 bridgehead atoms. The Labute approximate surface area is 426 Å². The Bertz CT molecular complexity index is 3680. The molecule has 4 aromatic carbocycles. The quantitative estimate of drug-likeness (QED) is 0.0495. The summed E-state index contributed by atoms with van der Waals surface area (Å²) in [5, 5.41) is 16.3. The molecule has 0 spiro atoms. The largest absolute Gasteiger partial charge is 0.487 e. The van der Waals surface area contributed by atoms with Gasteiger partial charge < -0.3 is 40.2 Å². The van der Waals surface area contributed by atoms with Gasteiger partial charge >= 0.3 is 0 Å². The minimum absolute atomic E-state index is 0. The number of aromatic nitrogens is 6. The van der Waals surface area contributed by atoms with E-state index in [2.05, 4.69) is 46.2 Å². The molecule has 7 N–H and O–H groups in total. The van der Waals surface area contributed by atoms with E-state index < -0.39 is 43.5 Å². The van der Waals surface area contributed by atoms with E-state index in [-0.39, 0.29) is 57.8 Å². The second-order valence-electron chi connectivity index (χ2n) is 15.8. The van der Waals surface area contributed by atoms with Crippen LogP contribution < -0.4 is 40.6 Å². The first-order chi connectivity index (χ1) is 34.7. The molecular weight excluding hydrogens is 1030 g/mol. The van der Waals surface area contributed by atoms with Crippen molar-refractivity contribution in [3.63, 3.8) is 0 Å². The topological polar surface area (TPSA) is 311 Å². The van der Waals surface area contributed by atoms with Crippen LogP contribution in [0.2, 0.25) is 5.28 Å². The van der Waals surface area contributed by atoms with Gasteiger partial charge in [-0.1, -0.05) is 17.7 Å². The zero-order valence-corrected chi connectivity index (χ0v) is 40.8. The summed E-state index contributed by atoms with van der Waals surface area (Å²) in [5.74, 6) is 0.127. The lowest BCUT2D eigenvalue weighted by Crippen LogP contribution is -2.20. The number of hydrogen-bond donors (Lipinski definition) is 6. The molecule has 0 aliphatic carbocycles. The van der Waals surface area contributed by atoms with Gasteiger partial charge in [0, 0.05) is 34.9 Å². The fraction of sp³-hybridized carbons (Fsp3) is 0.149. The van der Waals surface area contributed by atoms with E-state index >= 15 is 0 Å². The Morgan fingerprint density at radius 3 is 1.58 bits per heavy atom. The van der Waals surface area contributed by atoms with Crippen LogP contribution in [0.1, 0.15) is 62.2 Å². The van der Waals surface area contributed by atoms with Crippen molar-refractivity contribution in [1.82, 2.24) is 39.7 Å². The maximum atomic E-state index is 14.4. The summed E-state index contributed by atoms with van der Waals surface area (Å²) in [4.78, 5) is 38.1. The smallest absolute Gasteiger partial charge is 0.266 e. The SMILES string of the molecule is C.Cc1cc(COc2ccc(Nc3nc(Cl)ncc3F)cc2C)no1.Cc1cc(COc2ccc(Nc3nc(Nc4ccc5c(c4)S(=O)(=O)NC5=O)ncc3F)cc2C)no1.Nc1ccc2c(c1)S(=O)(=O)NC2=O.